The summed E-state index contributed by atoms with van der Waals surface area (Å²) in [5.41, 5.74) is 2.99. The Hall–Kier alpha value is -3.52. The van der Waals surface area contributed by atoms with Crippen LogP contribution in [0.5, 0.6) is 0 Å². The molecule has 0 aliphatic carbocycles. The van der Waals surface area contributed by atoms with Crippen LogP contribution in [0.25, 0.3) is 43.5 Å². The Kier molecular flexibility index (Phi) is 5.60. The van der Waals surface area contributed by atoms with Gasteiger partial charge in [0.05, 0.1) is 0 Å². The highest BCUT2D eigenvalue weighted by Gasteiger charge is 2.26. The lowest BCUT2D eigenvalue weighted by atomic mass is 9.99. The summed E-state index contributed by atoms with van der Waals surface area (Å²) in [6.07, 6.45) is 0. The number of fused-ring (bicyclic) bond motifs is 7. The summed E-state index contributed by atoms with van der Waals surface area (Å²) >= 11 is 0. The van der Waals surface area contributed by atoms with E-state index >= 15 is 0 Å². The van der Waals surface area contributed by atoms with E-state index in [1.54, 1.807) is 0 Å². The van der Waals surface area contributed by atoms with Gasteiger partial charge in [0.1, 0.15) is 11.2 Å². The normalized spacial score (nSPS) is 12.8. The van der Waals surface area contributed by atoms with Crippen LogP contribution in [0.15, 0.2) is 112 Å². The van der Waals surface area contributed by atoms with E-state index in [2.05, 4.69) is 129 Å². The van der Waals surface area contributed by atoms with E-state index in [1.165, 1.54) is 27.1 Å². The minimum Gasteiger partial charge on any atom is -0.408 e. The van der Waals surface area contributed by atoms with Crippen molar-refractivity contribution < 1.29 is 8.39 Å². The molecule has 3 nitrogen and oxygen atoms in total. The van der Waals surface area contributed by atoms with Gasteiger partial charge in [-0.05, 0) is 60.0 Å². The molecule has 1 aromatic heterocycles. The highest BCUT2D eigenvalue weighted by molar-refractivity contribution is 7.39. The Balaban J connectivity index is 1.76. The first-order valence-electron chi connectivity index (χ1n) is 12.1. The lowest BCUT2D eigenvalue weighted by Crippen LogP contribution is -2.30. The standard InChI is InChI=1S/C31H28NO2P/c1-21(2)32(22(3)23-11-5-4-6-12-23)35-33-28-19-17-24-13-7-9-15-26(24)30(28)31-27-16-10-8-14-25(27)18-20-29(31)34-35/h4-22H,1-3H3/t22-/m1/s1. The molecule has 0 unspecified atom stereocenters. The van der Waals surface area contributed by atoms with Gasteiger partial charge in [0.15, 0.2) is 0 Å². The molecule has 1 heterocycles. The number of hydrogen-bond acceptors (Lipinski definition) is 3. The van der Waals surface area contributed by atoms with Crippen molar-refractivity contribution in [1.29, 1.82) is 0 Å². The Bertz CT molecular complexity index is 1610. The molecule has 6 aromatic rings. The van der Waals surface area contributed by atoms with Gasteiger partial charge in [-0.25, -0.2) is 0 Å². The molecular weight excluding hydrogens is 449 g/mol. The van der Waals surface area contributed by atoms with Gasteiger partial charge in [-0.15, -0.1) is 0 Å². The third-order valence-electron chi connectivity index (χ3n) is 6.78. The highest BCUT2D eigenvalue weighted by atomic mass is 31.1. The van der Waals surface area contributed by atoms with Crippen molar-refractivity contribution in [2.75, 3.05) is 4.67 Å². The van der Waals surface area contributed by atoms with E-state index < -0.39 is 8.16 Å². The average Bonchev–Trinajstić information content (AvgIpc) is 3.06. The number of rotatable bonds is 4. The van der Waals surface area contributed by atoms with Gasteiger partial charge in [-0.1, -0.05) is 91.0 Å². The predicted octanol–water partition coefficient (Wildman–Crippen LogP) is 9.70. The van der Waals surface area contributed by atoms with Crippen LogP contribution < -0.4 is 4.67 Å². The number of hydrogen-bond donors (Lipinski definition) is 0. The maximum atomic E-state index is 6.83. The summed E-state index contributed by atoms with van der Waals surface area (Å²) in [7, 11) is -1.41. The smallest absolute Gasteiger partial charge is 0.310 e. The van der Waals surface area contributed by atoms with Crippen molar-refractivity contribution in [3.05, 3.63) is 109 Å². The Morgan fingerprint density at radius 1 is 0.571 bits per heavy atom. The molecule has 35 heavy (non-hydrogen) atoms. The molecule has 0 aliphatic rings. The molecule has 0 aliphatic heterocycles. The van der Waals surface area contributed by atoms with Gasteiger partial charge in [-0.3, -0.25) is 0 Å². The fraction of sp³-hybridized carbons (Fsp3) is 0.161. The summed E-state index contributed by atoms with van der Waals surface area (Å²) < 4.78 is 16.0. The second-order valence-corrected chi connectivity index (χ2v) is 10.6. The van der Waals surface area contributed by atoms with Crippen LogP contribution in [0, 0.1) is 0 Å². The molecular formula is C31H28NO2P. The van der Waals surface area contributed by atoms with Crippen LogP contribution in [-0.2, 0) is 0 Å². The van der Waals surface area contributed by atoms with Crippen LogP contribution >= 0.6 is 8.16 Å². The average molecular weight is 478 g/mol. The summed E-state index contributed by atoms with van der Waals surface area (Å²) in [5, 5.41) is 6.95. The van der Waals surface area contributed by atoms with E-state index in [1.807, 2.05) is 0 Å². The van der Waals surface area contributed by atoms with Crippen molar-refractivity contribution in [3.63, 3.8) is 0 Å². The maximum absolute atomic E-state index is 6.83. The second kappa shape index (κ2) is 8.92. The van der Waals surface area contributed by atoms with Gasteiger partial charge >= 0.3 is 8.16 Å². The summed E-state index contributed by atoms with van der Waals surface area (Å²) in [4.78, 5) is 0. The first-order chi connectivity index (χ1) is 17.1. The molecule has 0 bridgehead atoms. The molecule has 0 amide bonds. The zero-order valence-electron chi connectivity index (χ0n) is 20.2. The first-order valence-corrected chi connectivity index (χ1v) is 13.3. The van der Waals surface area contributed by atoms with Crippen molar-refractivity contribution in [1.82, 2.24) is 0 Å². The van der Waals surface area contributed by atoms with Crippen LogP contribution in [0.1, 0.15) is 32.4 Å². The summed E-state index contributed by atoms with van der Waals surface area (Å²) in [6.45, 7) is 6.65. The summed E-state index contributed by atoms with van der Waals surface area (Å²) in [6, 6.07) is 36.5. The molecule has 0 spiro atoms. The van der Waals surface area contributed by atoms with Crippen molar-refractivity contribution in [3.8, 4) is 0 Å². The minimum atomic E-state index is -1.41. The zero-order valence-corrected chi connectivity index (χ0v) is 21.1. The lowest BCUT2D eigenvalue weighted by molar-refractivity contribution is 0.564. The van der Waals surface area contributed by atoms with E-state index in [-0.39, 0.29) is 12.1 Å². The predicted molar refractivity (Wildman–Crippen MR) is 150 cm³/mol. The SMILES string of the molecule is CC(C)N([C@H](C)c1ccccc1)p1oc2ccc3ccccc3c2c2c(ccc3ccccc32)o1. The van der Waals surface area contributed by atoms with Crippen LogP contribution in [0.3, 0.4) is 0 Å². The van der Waals surface area contributed by atoms with Gasteiger partial charge in [-0.2, -0.15) is 4.67 Å². The topological polar surface area (TPSA) is 29.5 Å². The molecule has 6 rings (SSSR count). The quantitative estimate of drug-likeness (QED) is 0.253. The lowest BCUT2D eigenvalue weighted by Gasteiger charge is -2.29. The fourth-order valence-corrected chi connectivity index (χ4v) is 6.77. The van der Waals surface area contributed by atoms with Gasteiger partial charge < -0.3 is 8.39 Å². The monoisotopic (exact) mass is 477 g/mol. The van der Waals surface area contributed by atoms with Crippen LogP contribution in [0.4, 0.5) is 0 Å². The van der Waals surface area contributed by atoms with Crippen LogP contribution in [-0.4, -0.2) is 6.04 Å². The largest absolute Gasteiger partial charge is 0.408 e. The number of nitrogens with zero attached hydrogens (tertiary/aromatic N) is 1. The molecule has 4 heteroatoms. The maximum Gasteiger partial charge on any atom is 0.310 e. The first kappa shape index (κ1) is 22.0. The van der Waals surface area contributed by atoms with Crippen molar-refractivity contribution in [2.24, 2.45) is 0 Å². The molecule has 5 aromatic carbocycles. The molecule has 0 N–H and O–H groups in total. The van der Waals surface area contributed by atoms with Crippen molar-refractivity contribution in [2.45, 2.75) is 32.9 Å². The zero-order chi connectivity index (χ0) is 23.9. The van der Waals surface area contributed by atoms with E-state index in [0.717, 1.165) is 21.9 Å². The molecule has 1 atom stereocenters. The summed E-state index contributed by atoms with van der Waals surface area (Å²) in [5.74, 6) is 0. The van der Waals surface area contributed by atoms with E-state index in [9.17, 15) is 0 Å². The molecule has 0 radical (unpaired) electrons. The highest BCUT2D eigenvalue weighted by Crippen LogP contribution is 2.45. The molecule has 0 saturated carbocycles. The molecule has 174 valence electrons. The fourth-order valence-electron chi connectivity index (χ4n) is 5.11. The third kappa shape index (κ3) is 3.82. The van der Waals surface area contributed by atoms with Gasteiger partial charge in [0.25, 0.3) is 0 Å². The van der Waals surface area contributed by atoms with Gasteiger partial charge in [0.2, 0.25) is 0 Å². The number of benzene rings is 5. The Labute approximate surface area is 206 Å². The third-order valence-corrected chi connectivity index (χ3v) is 8.67. The van der Waals surface area contributed by atoms with Crippen LogP contribution in [0.2, 0.25) is 0 Å². The molecule has 0 fully saturated rings. The van der Waals surface area contributed by atoms with E-state index in [4.69, 9.17) is 8.39 Å². The van der Waals surface area contributed by atoms with Crippen molar-refractivity contribution >= 4 is 51.6 Å². The molecule has 0 saturated heterocycles. The van der Waals surface area contributed by atoms with E-state index in [0.29, 0.717) is 0 Å². The van der Waals surface area contributed by atoms with Gasteiger partial charge in [0, 0.05) is 22.9 Å². The second-order valence-electron chi connectivity index (χ2n) is 9.30. The minimum absolute atomic E-state index is 0.133. The Morgan fingerprint density at radius 3 is 1.57 bits per heavy atom. The Morgan fingerprint density at radius 2 is 1.06 bits per heavy atom.